The molecule has 0 fully saturated rings. The maximum atomic E-state index is 12.9. The smallest absolute Gasteiger partial charge is 0.262 e. The van der Waals surface area contributed by atoms with Crippen LogP contribution in [0, 0.1) is 0 Å². The molecule has 2 aromatic carbocycles. The van der Waals surface area contributed by atoms with E-state index >= 15 is 0 Å². The number of hydrogen-bond donors (Lipinski definition) is 0. The standard InChI is InChI=1S/C21H22N2O4S/c1-13(2)23-20(25)15-7-5-6-8-17(15)22-21(23)28-12-18(24)16-11-14(26-3)9-10-19(16)27-4/h5-11,13H,12H2,1-4H3. The van der Waals surface area contributed by atoms with Crippen molar-refractivity contribution in [1.29, 1.82) is 0 Å². The summed E-state index contributed by atoms with van der Waals surface area (Å²) in [5, 5.41) is 1.09. The number of nitrogens with zero attached hydrogens (tertiary/aromatic N) is 2. The Bertz CT molecular complexity index is 1080. The van der Waals surface area contributed by atoms with Crippen LogP contribution in [-0.4, -0.2) is 35.3 Å². The van der Waals surface area contributed by atoms with E-state index in [4.69, 9.17) is 9.47 Å². The molecule has 0 radical (unpaired) electrons. The summed E-state index contributed by atoms with van der Waals surface area (Å²) in [6.07, 6.45) is 0. The van der Waals surface area contributed by atoms with Gasteiger partial charge in [0.05, 0.1) is 36.4 Å². The normalized spacial score (nSPS) is 11.0. The average Bonchev–Trinajstić information content (AvgIpc) is 2.71. The molecule has 28 heavy (non-hydrogen) atoms. The highest BCUT2D eigenvalue weighted by Gasteiger charge is 2.18. The van der Waals surface area contributed by atoms with Crippen molar-refractivity contribution in [1.82, 2.24) is 9.55 Å². The largest absolute Gasteiger partial charge is 0.497 e. The quantitative estimate of drug-likeness (QED) is 0.341. The van der Waals surface area contributed by atoms with Gasteiger partial charge in [0, 0.05) is 6.04 Å². The van der Waals surface area contributed by atoms with E-state index < -0.39 is 0 Å². The number of methoxy groups -OCH3 is 2. The number of carbonyl (C=O) groups excluding carboxylic acids is 1. The van der Waals surface area contributed by atoms with Gasteiger partial charge in [-0.25, -0.2) is 4.98 Å². The van der Waals surface area contributed by atoms with Gasteiger partial charge in [0.15, 0.2) is 10.9 Å². The summed E-state index contributed by atoms with van der Waals surface area (Å²) in [5.74, 6) is 1.07. The van der Waals surface area contributed by atoms with Crippen molar-refractivity contribution in [2.45, 2.75) is 25.0 Å². The van der Waals surface area contributed by atoms with Crippen LogP contribution in [0.1, 0.15) is 30.2 Å². The Balaban J connectivity index is 1.95. The molecule has 6 nitrogen and oxygen atoms in total. The van der Waals surface area contributed by atoms with E-state index in [1.54, 1.807) is 42.0 Å². The first-order chi connectivity index (χ1) is 13.5. The Hall–Kier alpha value is -2.80. The molecule has 0 spiro atoms. The Labute approximate surface area is 167 Å². The van der Waals surface area contributed by atoms with Crippen molar-refractivity contribution in [3.63, 3.8) is 0 Å². The molecule has 1 aromatic heterocycles. The molecule has 1 heterocycles. The number of rotatable bonds is 7. The summed E-state index contributed by atoms with van der Waals surface area (Å²) in [4.78, 5) is 30.3. The van der Waals surface area contributed by atoms with Crippen molar-refractivity contribution in [3.8, 4) is 11.5 Å². The minimum atomic E-state index is -0.126. The van der Waals surface area contributed by atoms with Crippen molar-refractivity contribution in [2.24, 2.45) is 0 Å². The van der Waals surface area contributed by atoms with Crippen molar-refractivity contribution < 1.29 is 14.3 Å². The van der Waals surface area contributed by atoms with Crippen LogP contribution in [0.25, 0.3) is 10.9 Å². The minimum Gasteiger partial charge on any atom is -0.497 e. The van der Waals surface area contributed by atoms with Crippen LogP contribution >= 0.6 is 11.8 Å². The van der Waals surface area contributed by atoms with Crippen molar-refractivity contribution in [3.05, 3.63) is 58.4 Å². The van der Waals surface area contributed by atoms with E-state index in [0.29, 0.717) is 33.1 Å². The Kier molecular flexibility index (Phi) is 6.04. The molecule has 0 aliphatic heterocycles. The summed E-state index contributed by atoms with van der Waals surface area (Å²) >= 11 is 1.25. The van der Waals surface area contributed by atoms with Crippen LogP contribution in [0.3, 0.4) is 0 Å². The van der Waals surface area contributed by atoms with Crippen LogP contribution in [0.2, 0.25) is 0 Å². The monoisotopic (exact) mass is 398 g/mol. The van der Waals surface area contributed by atoms with Gasteiger partial charge in [-0.05, 0) is 44.2 Å². The first kappa shape index (κ1) is 19.9. The van der Waals surface area contributed by atoms with Crippen molar-refractivity contribution >= 4 is 28.4 Å². The SMILES string of the molecule is COc1ccc(OC)c(C(=O)CSc2nc3ccccc3c(=O)n2C(C)C)c1. The van der Waals surface area contributed by atoms with E-state index in [0.717, 1.165) is 0 Å². The van der Waals surface area contributed by atoms with Gasteiger partial charge in [-0.2, -0.15) is 0 Å². The molecule has 0 aliphatic rings. The summed E-state index contributed by atoms with van der Waals surface area (Å²) in [7, 11) is 3.07. The second-order valence-corrected chi connectivity index (χ2v) is 7.40. The van der Waals surface area contributed by atoms with Gasteiger partial charge in [0.25, 0.3) is 5.56 Å². The number of aromatic nitrogens is 2. The van der Waals surface area contributed by atoms with Crippen molar-refractivity contribution in [2.75, 3.05) is 20.0 Å². The van der Waals surface area contributed by atoms with Gasteiger partial charge in [0.2, 0.25) is 0 Å². The molecular weight excluding hydrogens is 376 g/mol. The molecule has 0 aliphatic carbocycles. The molecule has 0 saturated carbocycles. The first-order valence-corrected chi connectivity index (χ1v) is 9.84. The van der Waals surface area contributed by atoms with E-state index in [-0.39, 0.29) is 23.1 Å². The first-order valence-electron chi connectivity index (χ1n) is 8.85. The number of thioether (sulfide) groups is 1. The fraction of sp³-hybridized carbons (Fsp3) is 0.286. The maximum Gasteiger partial charge on any atom is 0.262 e. The van der Waals surface area contributed by atoms with Gasteiger partial charge in [-0.3, -0.25) is 14.2 Å². The van der Waals surface area contributed by atoms with Gasteiger partial charge in [-0.1, -0.05) is 23.9 Å². The number of hydrogen-bond acceptors (Lipinski definition) is 6. The van der Waals surface area contributed by atoms with E-state index in [1.165, 1.54) is 18.9 Å². The van der Waals surface area contributed by atoms with Gasteiger partial charge >= 0.3 is 0 Å². The van der Waals surface area contributed by atoms with Crippen LogP contribution in [0.4, 0.5) is 0 Å². The molecule has 3 rings (SSSR count). The molecule has 0 saturated heterocycles. The zero-order valence-corrected chi connectivity index (χ0v) is 17.1. The predicted molar refractivity (Wildman–Crippen MR) is 111 cm³/mol. The lowest BCUT2D eigenvalue weighted by molar-refractivity contribution is 0.101. The summed E-state index contributed by atoms with van der Waals surface area (Å²) < 4.78 is 12.1. The molecule has 146 valence electrons. The highest BCUT2D eigenvalue weighted by molar-refractivity contribution is 7.99. The topological polar surface area (TPSA) is 70.4 Å². The molecule has 0 atom stereocenters. The number of carbonyl (C=O) groups is 1. The van der Waals surface area contributed by atoms with Crippen LogP contribution < -0.4 is 15.0 Å². The Morgan fingerprint density at radius 3 is 2.57 bits per heavy atom. The predicted octanol–water partition coefficient (Wildman–Crippen LogP) is 3.97. The third kappa shape index (κ3) is 3.89. The summed E-state index contributed by atoms with van der Waals surface area (Å²) in [5.41, 5.74) is 0.960. The van der Waals surface area contributed by atoms with E-state index in [2.05, 4.69) is 4.98 Å². The van der Waals surface area contributed by atoms with Gasteiger partial charge < -0.3 is 9.47 Å². The third-order valence-corrected chi connectivity index (χ3v) is 5.28. The molecule has 0 amide bonds. The van der Waals surface area contributed by atoms with Crippen LogP contribution in [-0.2, 0) is 0 Å². The second kappa shape index (κ2) is 8.48. The van der Waals surface area contributed by atoms with Gasteiger partial charge in [-0.15, -0.1) is 0 Å². The average molecular weight is 398 g/mol. The second-order valence-electron chi connectivity index (χ2n) is 6.46. The maximum absolute atomic E-state index is 12.9. The van der Waals surface area contributed by atoms with E-state index in [1.807, 2.05) is 26.0 Å². The zero-order chi connectivity index (χ0) is 20.3. The molecular formula is C21H22N2O4S. The fourth-order valence-corrected chi connectivity index (χ4v) is 3.93. The number of para-hydroxylation sites is 1. The van der Waals surface area contributed by atoms with Crippen LogP contribution in [0.5, 0.6) is 11.5 Å². The number of Topliss-reactive ketones (excluding diaryl/α,β-unsaturated/α-hetero) is 1. The lowest BCUT2D eigenvalue weighted by atomic mass is 10.1. The zero-order valence-electron chi connectivity index (χ0n) is 16.3. The lowest BCUT2D eigenvalue weighted by Gasteiger charge is -2.16. The molecule has 0 N–H and O–H groups in total. The summed E-state index contributed by atoms with van der Waals surface area (Å²) in [6.45, 7) is 3.85. The van der Waals surface area contributed by atoms with Gasteiger partial charge in [0.1, 0.15) is 11.5 Å². The summed E-state index contributed by atoms with van der Waals surface area (Å²) in [6, 6.07) is 12.3. The minimum absolute atomic E-state index is 0.0754. The number of ketones is 1. The van der Waals surface area contributed by atoms with E-state index in [9.17, 15) is 9.59 Å². The fourth-order valence-electron chi connectivity index (χ4n) is 2.92. The van der Waals surface area contributed by atoms with Crippen LogP contribution in [0.15, 0.2) is 52.4 Å². The number of ether oxygens (including phenoxy) is 2. The third-order valence-electron chi connectivity index (χ3n) is 4.33. The number of benzene rings is 2. The number of fused-ring (bicyclic) bond motifs is 1. The molecule has 0 bridgehead atoms. The highest BCUT2D eigenvalue weighted by atomic mass is 32.2. The highest BCUT2D eigenvalue weighted by Crippen LogP contribution is 2.27. The molecule has 7 heteroatoms. The Morgan fingerprint density at radius 2 is 1.89 bits per heavy atom. The Morgan fingerprint density at radius 1 is 1.14 bits per heavy atom. The molecule has 3 aromatic rings. The lowest BCUT2D eigenvalue weighted by Crippen LogP contribution is -2.25. The molecule has 0 unspecified atom stereocenters.